The van der Waals surface area contributed by atoms with Gasteiger partial charge in [-0.3, -0.25) is 0 Å². The van der Waals surface area contributed by atoms with Gasteiger partial charge in [0.25, 0.3) is 0 Å². The molecule has 0 bridgehead atoms. The molecule has 0 amide bonds. The maximum Gasteiger partial charge on any atom is 0.335 e. The van der Waals surface area contributed by atoms with Crippen LogP contribution in [0.25, 0.3) is 0 Å². The number of fused-ring (bicyclic) bond motifs is 3. The van der Waals surface area contributed by atoms with Crippen molar-refractivity contribution in [2.24, 2.45) is 5.92 Å². The van der Waals surface area contributed by atoms with Gasteiger partial charge in [0.1, 0.15) is 0 Å². The summed E-state index contributed by atoms with van der Waals surface area (Å²) in [6.45, 7) is 0. The minimum Gasteiger partial charge on any atom is -0.478 e. The molecule has 0 aromatic heterocycles. The third-order valence-corrected chi connectivity index (χ3v) is 5.47. The van der Waals surface area contributed by atoms with E-state index < -0.39 is 5.97 Å². The van der Waals surface area contributed by atoms with Crippen LogP contribution in [0.3, 0.4) is 0 Å². The van der Waals surface area contributed by atoms with Gasteiger partial charge >= 0.3 is 5.97 Å². The maximum atomic E-state index is 11.3. The Hall–Kier alpha value is -1.97. The molecular formula is C19H15Cl2NO2. The number of nitrogens with one attached hydrogen (secondary N) is 1. The second-order valence-corrected chi connectivity index (χ2v) is 7.09. The van der Waals surface area contributed by atoms with Crippen molar-refractivity contribution < 1.29 is 9.90 Å². The van der Waals surface area contributed by atoms with Gasteiger partial charge in [-0.2, -0.15) is 0 Å². The molecule has 4 rings (SSSR count). The predicted octanol–water partition coefficient (Wildman–Crippen LogP) is 5.52. The average Bonchev–Trinajstić information content (AvgIpc) is 3.04. The molecule has 3 atom stereocenters. The van der Waals surface area contributed by atoms with E-state index in [9.17, 15) is 9.90 Å². The van der Waals surface area contributed by atoms with E-state index in [1.807, 2.05) is 18.2 Å². The van der Waals surface area contributed by atoms with Gasteiger partial charge in [-0.15, -0.1) is 0 Å². The van der Waals surface area contributed by atoms with Gasteiger partial charge in [-0.25, -0.2) is 4.79 Å². The van der Waals surface area contributed by atoms with Crippen LogP contribution in [0.2, 0.25) is 10.0 Å². The van der Waals surface area contributed by atoms with E-state index in [0.717, 1.165) is 23.2 Å². The first kappa shape index (κ1) is 15.6. The van der Waals surface area contributed by atoms with Gasteiger partial charge in [-0.1, -0.05) is 41.4 Å². The molecule has 2 N–H and O–H groups in total. The van der Waals surface area contributed by atoms with Crippen LogP contribution < -0.4 is 5.32 Å². The summed E-state index contributed by atoms with van der Waals surface area (Å²) in [4.78, 5) is 11.3. The van der Waals surface area contributed by atoms with Gasteiger partial charge < -0.3 is 10.4 Å². The van der Waals surface area contributed by atoms with Crippen LogP contribution >= 0.6 is 23.2 Å². The zero-order chi connectivity index (χ0) is 16.8. The van der Waals surface area contributed by atoms with E-state index >= 15 is 0 Å². The van der Waals surface area contributed by atoms with E-state index in [2.05, 4.69) is 17.5 Å². The van der Waals surface area contributed by atoms with Crippen LogP contribution in [-0.4, -0.2) is 11.1 Å². The molecule has 1 aliphatic carbocycles. The van der Waals surface area contributed by atoms with E-state index in [4.69, 9.17) is 23.2 Å². The third kappa shape index (κ3) is 2.48. The number of aromatic carboxylic acids is 1. The Morgan fingerprint density at radius 2 is 1.96 bits per heavy atom. The van der Waals surface area contributed by atoms with Gasteiger partial charge in [0.05, 0.1) is 11.6 Å². The fraction of sp³-hybridized carbons (Fsp3) is 0.211. The smallest absolute Gasteiger partial charge is 0.335 e. The lowest BCUT2D eigenvalue weighted by Gasteiger charge is -2.38. The summed E-state index contributed by atoms with van der Waals surface area (Å²) < 4.78 is 0. The lowest BCUT2D eigenvalue weighted by atomic mass is 9.76. The van der Waals surface area contributed by atoms with Crippen molar-refractivity contribution in [3.63, 3.8) is 0 Å². The molecule has 0 unspecified atom stereocenters. The summed E-state index contributed by atoms with van der Waals surface area (Å²) in [6.07, 6.45) is 5.27. The minimum absolute atomic E-state index is 0.0675. The molecule has 0 spiro atoms. The molecule has 5 heteroatoms. The molecule has 0 radical (unpaired) electrons. The number of carboxylic acids is 1. The number of hydrogen-bond donors (Lipinski definition) is 2. The third-order valence-electron chi connectivity index (χ3n) is 4.91. The predicted molar refractivity (Wildman–Crippen MR) is 96.2 cm³/mol. The van der Waals surface area contributed by atoms with Crippen LogP contribution in [0.4, 0.5) is 5.69 Å². The molecule has 0 fully saturated rings. The van der Waals surface area contributed by atoms with Crippen LogP contribution in [0.5, 0.6) is 0 Å². The number of carbonyl (C=O) groups is 1. The fourth-order valence-electron chi connectivity index (χ4n) is 3.79. The first-order valence-corrected chi connectivity index (χ1v) is 8.55. The van der Waals surface area contributed by atoms with Gasteiger partial charge in [0.2, 0.25) is 0 Å². The minimum atomic E-state index is -0.904. The summed E-state index contributed by atoms with van der Waals surface area (Å²) in [5.41, 5.74) is 3.34. The normalized spacial score (nSPS) is 24.2. The number of allylic oxidation sites excluding steroid dienone is 2. The summed E-state index contributed by atoms with van der Waals surface area (Å²) in [5, 5.41) is 14.1. The van der Waals surface area contributed by atoms with Crippen molar-refractivity contribution in [1.29, 1.82) is 0 Å². The van der Waals surface area contributed by atoms with Crippen molar-refractivity contribution in [2.45, 2.75) is 18.4 Å². The fourth-order valence-corrected chi connectivity index (χ4v) is 4.32. The molecule has 2 aromatic rings. The monoisotopic (exact) mass is 359 g/mol. The number of hydrogen-bond acceptors (Lipinski definition) is 2. The Bertz CT molecular complexity index is 862. The first-order valence-electron chi connectivity index (χ1n) is 7.80. The van der Waals surface area contributed by atoms with Gasteiger partial charge in [0.15, 0.2) is 0 Å². The summed E-state index contributed by atoms with van der Waals surface area (Å²) >= 11 is 12.4. The van der Waals surface area contributed by atoms with Crippen molar-refractivity contribution in [1.82, 2.24) is 0 Å². The SMILES string of the molecule is O=C(O)c1ccc2c(c1)[C@@H]1C=CC[C@@H]1[C@@H](c1ccc(Cl)cc1Cl)N2. The van der Waals surface area contributed by atoms with Crippen LogP contribution in [0, 0.1) is 5.92 Å². The van der Waals surface area contributed by atoms with E-state index in [0.29, 0.717) is 21.5 Å². The zero-order valence-corrected chi connectivity index (χ0v) is 14.2. The molecule has 1 heterocycles. The summed E-state index contributed by atoms with van der Waals surface area (Å²) in [5.74, 6) is -0.406. The summed E-state index contributed by atoms with van der Waals surface area (Å²) in [7, 11) is 0. The molecule has 0 saturated carbocycles. The van der Waals surface area contributed by atoms with Crippen LogP contribution in [0.1, 0.15) is 39.9 Å². The Morgan fingerprint density at radius 3 is 2.71 bits per heavy atom. The lowest BCUT2D eigenvalue weighted by molar-refractivity contribution is 0.0696. The Labute approximate surface area is 149 Å². The highest BCUT2D eigenvalue weighted by Gasteiger charge is 2.38. The molecule has 2 aromatic carbocycles. The quantitative estimate of drug-likeness (QED) is 0.694. The second kappa shape index (κ2) is 5.83. The van der Waals surface area contributed by atoms with E-state index in [1.54, 1.807) is 18.2 Å². The lowest BCUT2D eigenvalue weighted by Crippen LogP contribution is -2.29. The van der Waals surface area contributed by atoms with Crippen molar-refractivity contribution in [3.8, 4) is 0 Å². The molecule has 0 saturated heterocycles. The first-order chi connectivity index (χ1) is 11.5. The van der Waals surface area contributed by atoms with Gasteiger partial charge in [0, 0.05) is 21.7 Å². The molecule has 3 nitrogen and oxygen atoms in total. The highest BCUT2D eigenvalue weighted by molar-refractivity contribution is 6.35. The molecule has 122 valence electrons. The molecule has 1 aliphatic heterocycles. The Morgan fingerprint density at radius 1 is 1.12 bits per heavy atom. The van der Waals surface area contributed by atoms with Gasteiger partial charge in [-0.05, 0) is 53.8 Å². The standard InChI is InChI=1S/C19H15Cl2NO2/c20-11-5-6-14(16(21)9-11)18-13-3-1-2-12(13)15-8-10(19(23)24)4-7-17(15)22-18/h1-2,4-9,12-13,18,22H,3H2,(H,23,24)/t12-,13+,18+/m1/s1. The van der Waals surface area contributed by atoms with E-state index in [-0.39, 0.29) is 12.0 Å². The largest absolute Gasteiger partial charge is 0.478 e. The molecule has 24 heavy (non-hydrogen) atoms. The van der Waals surface area contributed by atoms with Crippen molar-refractivity contribution in [3.05, 3.63) is 75.3 Å². The number of carboxylic acid groups (broad SMARTS) is 1. The number of halogens is 2. The number of anilines is 1. The zero-order valence-electron chi connectivity index (χ0n) is 12.7. The topological polar surface area (TPSA) is 49.3 Å². The van der Waals surface area contributed by atoms with Crippen molar-refractivity contribution >= 4 is 34.9 Å². The Balaban J connectivity index is 1.79. The average molecular weight is 360 g/mol. The van der Waals surface area contributed by atoms with Crippen LogP contribution in [-0.2, 0) is 0 Å². The van der Waals surface area contributed by atoms with E-state index in [1.165, 1.54) is 0 Å². The van der Waals surface area contributed by atoms with Crippen LogP contribution in [0.15, 0.2) is 48.6 Å². The second-order valence-electron chi connectivity index (χ2n) is 6.25. The Kier molecular flexibility index (Phi) is 3.78. The highest BCUT2D eigenvalue weighted by atomic mass is 35.5. The molecular weight excluding hydrogens is 345 g/mol. The van der Waals surface area contributed by atoms with Crippen molar-refractivity contribution in [2.75, 3.05) is 5.32 Å². The molecule has 2 aliphatic rings. The summed E-state index contributed by atoms with van der Waals surface area (Å²) in [6, 6.07) is 10.9. The maximum absolute atomic E-state index is 11.3. The number of benzene rings is 2. The number of rotatable bonds is 2. The highest BCUT2D eigenvalue weighted by Crippen LogP contribution is 2.51.